The number of rotatable bonds is 6. The predicted molar refractivity (Wildman–Crippen MR) is 125 cm³/mol. The van der Waals surface area contributed by atoms with Gasteiger partial charge >= 0.3 is 0 Å². The van der Waals surface area contributed by atoms with E-state index in [2.05, 4.69) is 41.3 Å². The molecule has 2 aromatic rings. The molecule has 8 heteroatoms. The highest BCUT2D eigenvalue weighted by Crippen LogP contribution is 2.23. The van der Waals surface area contributed by atoms with Gasteiger partial charge in [0.25, 0.3) is 5.91 Å². The van der Waals surface area contributed by atoms with Crippen LogP contribution in [0.5, 0.6) is 0 Å². The average molecular weight is 496 g/mol. The van der Waals surface area contributed by atoms with Crippen LogP contribution in [0.25, 0.3) is 10.2 Å². The number of allylic oxidation sites excluding steroid dienone is 1. The summed E-state index contributed by atoms with van der Waals surface area (Å²) in [6.07, 6.45) is 2.97. The summed E-state index contributed by atoms with van der Waals surface area (Å²) < 4.78 is 4.04. The van der Waals surface area contributed by atoms with Crippen LogP contribution >= 0.6 is 39.0 Å². The SMILES string of the molecule is C=CCn1c(=NC(=O)CSCC(=O)N2CC(C)CC(C)C2)sc2cc(Br)ccc21. The lowest BCUT2D eigenvalue weighted by Gasteiger charge is -2.35. The number of halogens is 1. The first-order valence-corrected chi connectivity index (χ1v) is 12.5. The maximum absolute atomic E-state index is 12.5. The van der Waals surface area contributed by atoms with Gasteiger partial charge in [0, 0.05) is 24.1 Å². The third-order valence-electron chi connectivity index (χ3n) is 4.85. The van der Waals surface area contributed by atoms with Gasteiger partial charge in [-0.1, -0.05) is 47.2 Å². The van der Waals surface area contributed by atoms with Crippen LogP contribution in [0.3, 0.4) is 0 Å². The van der Waals surface area contributed by atoms with E-state index in [1.807, 2.05) is 27.7 Å². The molecule has 1 aliphatic rings. The summed E-state index contributed by atoms with van der Waals surface area (Å²) in [6, 6.07) is 6.01. The summed E-state index contributed by atoms with van der Waals surface area (Å²) >= 11 is 6.31. The Balaban J connectivity index is 1.64. The van der Waals surface area contributed by atoms with E-state index in [0.29, 0.717) is 28.9 Å². The summed E-state index contributed by atoms with van der Waals surface area (Å²) in [4.78, 5) is 31.8. The second-order valence-electron chi connectivity index (χ2n) is 7.64. The van der Waals surface area contributed by atoms with Gasteiger partial charge in [0.05, 0.1) is 21.7 Å². The van der Waals surface area contributed by atoms with Gasteiger partial charge in [0.1, 0.15) is 0 Å². The van der Waals surface area contributed by atoms with Crippen molar-refractivity contribution in [1.29, 1.82) is 0 Å². The Labute approximate surface area is 188 Å². The van der Waals surface area contributed by atoms with Gasteiger partial charge in [-0.2, -0.15) is 4.99 Å². The van der Waals surface area contributed by atoms with Crippen molar-refractivity contribution in [2.24, 2.45) is 16.8 Å². The standard InChI is InChI=1S/C21H26BrN3O2S2/c1-4-7-25-17-6-5-16(22)9-18(17)29-21(25)23-19(26)12-28-13-20(27)24-10-14(2)8-15(3)11-24/h4-6,9,14-15H,1,7-8,10-13H2,2-3H3. The maximum Gasteiger partial charge on any atom is 0.258 e. The first-order chi connectivity index (χ1) is 13.9. The van der Waals surface area contributed by atoms with Crippen molar-refractivity contribution in [3.8, 4) is 0 Å². The molecular weight excluding hydrogens is 470 g/mol. The molecule has 5 nitrogen and oxygen atoms in total. The zero-order valence-electron chi connectivity index (χ0n) is 16.8. The third-order valence-corrected chi connectivity index (χ3v) is 7.29. The van der Waals surface area contributed by atoms with Crippen LogP contribution in [0.1, 0.15) is 20.3 Å². The molecule has 0 spiro atoms. The minimum atomic E-state index is -0.216. The summed E-state index contributed by atoms with van der Waals surface area (Å²) in [5, 5.41) is 0. The van der Waals surface area contributed by atoms with Crippen molar-refractivity contribution < 1.29 is 9.59 Å². The second-order valence-corrected chi connectivity index (χ2v) is 10.5. The van der Waals surface area contributed by atoms with Gasteiger partial charge in [-0.25, -0.2) is 0 Å². The molecule has 29 heavy (non-hydrogen) atoms. The molecule has 1 fully saturated rings. The first kappa shape index (κ1) is 22.3. The molecule has 0 N–H and O–H groups in total. The molecule has 2 amide bonds. The molecule has 0 bridgehead atoms. The minimum absolute atomic E-state index is 0.120. The number of likely N-dealkylation sites (tertiary alicyclic amines) is 1. The predicted octanol–water partition coefficient (Wildman–Crippen LogP) is 4.32. The van der Waals surface area contributed by atoms with Gasteiger partial charge in [0.15, 0.2) is 4.80 Å². The zero-order chi connectivity index (χ0) is 21.0. The van der Waals surface area contributed by atoms with E-state index in [-0.39, 0.29) is 17.6 Å². The minimum Gasteiger partial charge on any atom is -0.341 e. The van der Waals surface area contributed by atoms with Crippen LogP contribution in [0.15, 0.2) is 40.3 Å². The Morgan fingerprint density at radius 2 is 2.03 bits per heavy atom. The van der Waals surface area contributed by atoms with Gasteiger partial charge in [0.2, 0.25) is 5.91 Å². The number of fused-ring (bicyclic) bond motifs is 1. The highest BCUT2D eigenvalue weighted by molar-refractivity contribution is 9.10. The number of carbonyl (C=O) groups is 2. The maximum atomic E-state index is 12.5. The molecule has 2 unspecified atom stereocenters. The molecule has 3 rings (SSSR count). The third kappa shape index (κ3) is 5.83. The van der Waals surface area contributed by atoms with E-state index < -0.39 is 0 Å². The number of amides is 2. The van der Waals surface area contributed by atoms with Gasteiger partial charge in [-0.15, -0.1) is 18.3 Å². The van der Waals surface area contributed by atoms with Crippen LogP contribution in [0.4, 0.5) is 0 Å². The van der Waals surface area contributed by atoms with E-state index in [1.54, 1.807) is 6.08 Å². The van der Waals surface area contributed by atoms with Crippen molar-refractivity contribution >= 4 is 61.1 Å². The Bertz CT molecular complexity index is 972. The largest absolute Gasteiger partial charge is 0.341 e. The topological polar surface area (TPSA) is 54.7 Å². The van der Waals surface area contributed by atoms with Crippen molar-refractivity contribution in [2.75, 3.05) is 24.6 Å². The Kier molecular flexibility index (Phi) is 7.76. The molecule has 0 radical (unpaired) electrons. The fraction of sp³-hybridized carbons (Fsp3) is 0.476. The number of nitrogens with zero attached hydrogens (tertiary/aromatic N) is 3. The fourth-order valence-corrected chi connectivity index (χ4v) is 6.07. The number of hydrogen-bond acceptors (Lipinski definition) is 4. The second kappa shape index (κ2) is 10.1. The summed E-state index contributed by atoms with van der Waals surface area (Å²) in [6.45, 7) is 10.4. The molecule has 0 saturated carbocycles. The van der Waals surface area contributed by atoms with E-state index in [4.69, 9.17) is 0 Å². The van der Waals surface area contributed by atoms with Crippen molar-refractivity contribution in [3.05, 3.63) is 40.1 Å². The van der Waals surface area contributed by atoms with E-state index >= 15 is 0 Å². The zero-order valence-corrected chi connectivity index (χ0v) is 20.0. The van der Waals surface area contributed by atoms with E-state index in [1.165, 1.54) is 29.5 Å². The molecule has 156 valence electrons. The Morgan fingerprint density at radius 1 is 1.31 bits per heavy atom. The summed E-state index contributed by atoms with van der Waals surface area (Å²) in [5.41, 5.74) is 1.03. The van der Waals surface area contributed by atoms with Crippen molar-refractivity contribution in [3.63, 3.8) is 0 Å². The number of aromatic nitrogens is 1. The quantitative estimate of drug-likeness (QED) is 0.560. The molecule has 1 aromatic heterocycles. The molecular formula is C21H26BrN3O2S2. The molecule has 2 atom stereocenters. The fourth-order valence-electron chi connectivity index (χ4n) is 3.76. The molecule has 0 aliphatic carbocycles. The monoisotopic (exact) mass is 495 g/mol. The number of carbonyl (C=O) groups excluding carboxylic acids is 2. The first-order valence-electron chi connectivity index (χ1n) is 9.70. The van der Waals surface area contributed by atoms with E-state index in [0.717, 1.165) is 27.8 Å². The molecule has 1 aromatic carbocycles. The highest BCUT2D eigenvalue weighted by Gasteiger charge is 2.25. The average Bonchev–Trinajstić information content (AvgIpc) is 2.97. The number of piperidine rings is 1. The van der Waals surface area contributed by atoms with Gasteiger partial charge in [-0.05, 0) is 36.5 Å². The number of hydrogen-bond donors (Lipinski definition) is 0. The van der Waals surface area contributed by atoms with Crippen LogP contribution in [-0.4, -0.2) is 45.9 Å². The lowest BCUT2D eigenvalue weighted by atomic mass is 9.92. The lowest BCUT2D eigenvalue weighted by molar-refractivity contribution is -0.130. The molecule has 1 aliphatic heterocycles. The Morgan fingerprint density at radius 3 is 2.72 bits per heavy atom. The number of benzene rings is 1. The number of thioether (sulfide) groups is 1. The summed E-state index contributed by atoms with van der Waals surface area (Å²) in [7, 11) is 0. The van der Waals surface area contributed by atoms with Crippen molar-refractivity contribution in [2.45, 2.75) is 26.8 Å². The number of thiazole rings is 1. The van der Waals surface area contributed by atoms with Crippen molar-refractivity contribution in [1.82, 2.24) is 9.47 Å². The van der Waals surface area contributed by atoms with Crippen LogP contribution in [-0.2, 0) is 16.1 Å². The Hall–Kier alpha value is -1.38. The smallest absolute Gasteiger partial charge is 0.258 e. The normalized spacial score (nSPS) is 20.2. The van der Waals surface area contributed by atoms with Crippen LogP contribution in [0.2, 0.25) is 0 Å². The van der Waals surface area contributed by atoms with Crippen LogP contribution < -0.4 is 4.80 Å². The lowest BCUT2D eigenvalue weighted by Crippen LogP contribution is -2.43. The highest BCUT2D eigenvalue weighted by atomic mass is 79.9. The van der Waals surface area contributed by atoms with E-state index in [9.17, 15) is 9.59 Å². The van der Waals surface area contributed by atoms with Gasteiger partial charge in [-0.3, -0.25) is 9.59 Å². The molecule has 2 heterocycles. The van der Waals surface area contributed by atoms with Crippen LogP contribution in [0, 0.1) is 11.8 Å². The summed E-state index contributed by atoms with van der Waals surface area (Å²) in [5.74, 6) is 1.51. The van der Waals surface area contributed by atoms with Gasteiger partial charge < -0.3 is 9.47 Å². The molecule has 1 saturated heterocycles.